The van der Waals surface area contributed by atoms with Gasteiger partial charge in [0.25, 0.3) is 0 Å². The highest BCUT2D eigenvalue weighted by molar-refractivity contribution is 5.72. The third-order valence-electron chi connectivity index (χ3n) is 0.587. The molecule has 0 aliphatic rings. The highest BCUT2D eigenvalue weighted by Crippen LogP contribution is 1.71. The number of carbonyl (C=O) groups excluding carboxylic acids is 1. The largest absolute Gasteiger partial charge is 0.391 e. The summed E-state index contributed by atoms with van der Waals surface area (Å²) in [6, 6.07) is 0. The number of hydrogen-bond acceptors (Lipinski definition) is 2. The lowest BCUT2D eigenvalue weighted by Gasteiger charge is -2.01. The zero-order valence-electron chi connectivity index (χ0n) is 4.85. The Hall–Kier alpha value is -0.570. The van der Waals surface area contributed by atoms with E-state index in [2.05, 4.69) is 12.2 Å². The van der Waals surface area contributed by atoms with Crippen molar-refractivity contribution in [1.82, 2.24) is 5.32 Å². The maximum atomic E-state index is 10.1. The van der Waals surface area contributed by atoms with E-state index in [4.69, 9.17) is 5.11 Å². The van der Waals surface area contributed by atoms with Crippen LogP contribution in [0.2, 0.25) is 0 Å². The van der Waals surface area contributed by atoms with Crippen molar-refractivity contribution in [2.24, 2.45) is 0 Å². The molecule has 0 spiro atoms. The van der Waals surface area contributed by atoms with E-state index in [1.54, 1.807) is 0 Å². The van der Waals surface area contributed by atoms with Gasteiger partial charge in [-0.2, -0.15) is 0 Å². The minimum absolute atomic E-state index is 0.146. The second-order valence-electron chi connectivity index (χ2n) is 1.59. The lowest BCUT2D eigenvalue weighted by Crippen LogP contribution is -2.28. The van der Waals surface area contributed by atoms with Gasteiger partial charge in [0.05, 0.1) is 6.10 Å². The van der Waals surface area contributed by atoms with E-state index in [0.29, 0.717) is 0 Å². The van der Waals surface area contributed by atoms with Crippen LogP contribution in [0.5, 0.6) is 0 Å². The molecular weight excluding hydrogens is 106 g/mol. The summed E-state index contributed by atoms with van der Waals surface area (Å²) in [6.07, 6.45) is -0.695. The maximum Gasteiger partial charge on any atom is 0.216 e. The zero-order valence-corrected chi connectivity index (χ0v) is 4.85. The monoisotopic (exact) mass is 116 g/mol. The van der Waals surface area contributed by atoms with Crippen LogP contribution in [-0.4, -0.2) is 23.7 Å². The van der Waals surface area contributed by atoms with Crippen LogP contribution in [-0.2, 0) is 4.79 Å². The first-order valence-corrected chi connectivity index (χ1v) is 2.38. The molecule has 0 aliphatic carbocycles. The normalized spacial score (nSPS) is 12.9. The summed E-state index contributed by atoms with van der Waals surface area (Å²) in [6.45, 7) is 4.87. The SMILES string of the molecule is [CH2]C(O)CNC(C)=O. The predicted octanol–water partition coefficient (Wildman–Crippen LogP) is -0.683. The Labute approximate surface area is 48.7 Å². The van der Waals surface area contributed by atoms with Gasteiger partial charge in [-0.1, -0.05) is 0 Å². The summed E-state index contributed by atoms with van der Waals surface area (Å²) >= 11 is 0. The molecule has 0 aromatic heterocycles. The molecule has 0 aliphatic heterocycles. The molecule has 0 rings (SSSR count). The van der Waals surface area contributed by atoms with Gasteiger partial charge in [-0.3, -0.25) is 4.79 Å². The summed E-state index contributed by atoms with van der Waals surface area (Å²) in [5, 5.41) is 10.9. The first kappa shape index (κ1) is 7.43. The molecule has 1 amide bonds. The summed E-state index contributed by atoms with van der Waals surface area (Å²) in [5.74, 6) is -0.146. The second kappa shape index (κ2) is 3.43. The Balaban J connectivity index is 3.05. The average Bonchev–Trinajstić information content (AvgIpc) is 1.61. The van der Waals surface area contributed by atoms with Gasteiger partial charge in [-0.05, 0) is 6.92 Å². The van der Waals surface area contributed by atoms with Crippen molar-refractivity contribution >= 4 is 5.91 Å². The van der Waals surface area contributed by atoms with E-state index in [0.717, 1.165) is 0 Å². The first-order chi connectivity index (χ1) is 3.63. The summed E-state index contributed by atoms with van der Waals surface area (Å²) in [5.41, 5.74) is 0. The van der Waals surface area contributed by atoms with E-state index in [9.17, 15) is 4.79 Å². The molecule has 0 bridgehead atoms. The first-order valence-electron chi connectivity index (χ1n) is 2.38. The fourth-order valence-corrected chi connectivity index (χ4v) is 0.262. The number of aliphatic hydroxyl groups is 1. The average molecular weight is 116 g/mol. The molecule has 2 N–H and O–H groups in total. The van der Waals surface area contributed by atoms with E-state index in [1.807, 2.05) is 0 Å². The van der Waals surface area contributed by atoms with Crippen LogP contribution in [0, 0.1) is 6.92 Å². The zero-order chi connectivity index (χ0) is 6.57. The van der Waals surface area contributed by atoms with Crippen LogP contribution in [0.25, 0.3) is 0 Å². The van der Waals surface area contributed by atoms with Gasteiger partial charge in [-0.25, -0.2) is 0 Å². The van der Waals surface area contributed by atoms with Gasteiger partial charge >= 0.3 is 0 Å². The Bertz CT molecular complexity index is 80.5. The molecule has 0 fully saturated rings. The number of aliphatic hydroxyl groups excluding tert-OH is 1. The molecule has 0 saturated carbocycles. The quantitative estimate of drug-likeness (QED) is 0.502. The lowest BCUT2D eigenvalue weighted by atomic mass is 10.4. The predicted molar refractivity (Wildman–Crippen MR) is 30.0 cm³/mol. The lowest BCUT2D eigenvalue weighted by molar-refractivity contribution is -0.119. The topological polar surface area (TPSA) is 49.3 Å². The molecule has 0 saturated heterocycles. The molecular formula is C5H10NO2. The number of amides is 1. The third kappa shape index (κ3) is 5.43. The van der Waals surface area contributed by atoms with Crippen molar-refractivity contribution in [2.45, 2.75) is 13.0 Å². The smallest absolute Gasteiger partial charge is 0.216 e. The van der Waals surface area contributed by atoms with E-state index in [1.165, 1.54) is 6.92 Å². The van der Waals surface area contributed by atoms with Gasteiger partial charge in [0.15, 0.2) is 0 Å². The fraction of sp³-hybridized carbons (Fsp3) is 0.600. The van der Waals surface area contributed by atoms with Gasteiger partial charge in [0.1, 0.15) is 0 Å². The Morgan fingerprint density at radius 3 is 2.62 bits per heavy atom. The van der Waals surface area contributed by atoms with Crippen molar-refractivity contribution in [3.8, 4) is 0 Å². The molecule has 8 heavy (non-hydrogen) atoms. The molecule has 1 atom stereocenters. The summed E-state index contributed by atoms with van der Waals surface area (Å²) in [7, 11) is 0. The number of rotatable bonds is 2. The van der Waals surface area contributed by atoms with Crippen LogP contribution >= 0.6 is 0 Å². The van der Waals surface area contributed by atoms with Crippen molar-refractivity contribution in [1.29, 1.82) is 0 Å². The molecule has 0 heterocycles. The third-order valence-corrected chi connectivity index (χ3v) is 0.587. The molecule has 3 heteroatoms. The van der Waals surface area contributed by atoms with Gasteiger partial charge in [0, 0.05) is 13.5 Å². The minimum atomic E-state index is -0.695. The van der Waals surface area contributed by atoms with Crippen LogP contribution in [0.3, 0.4) is 0 Å². The Kier molecular flexibility index (Phi) is 3.19. The van der Waals surface area contributed by atoms with E-state index >= 15 is 0 Å². The Morgan fingerprint density at radius 1 is 2.00 bits per heavy atom. The molecule has 3 nitrogen and oxygen atoms in total. The van der Waals surface area contributed by atoms with Gasteiger partial charge in [-0.15, -0.1) is 0 Å². The summed E-state index contributed by atoms with van der Waals surface area (Å²) < 4.78 is 0. The molecule has 0 aromatic rings. The fourth-order valence-electron chi connectivity index (χ4n) is 0.262. The summed E-state index contributed by atoms with van der Waals surface area (Å²) in [4.78, 5) is 10.1. The van der Waals surface area contributed by atoms with Crippen molar-refractivity contribution in [3.05, 3.63) is 6.92 Å². The second-order valence-corrected chi connectivity index (χ2v) is 1.59. The standard InChI is InChI=1S/C5H10NO2/c1-4(7)3-6-5(2)8/h4,7H,1,3H2,2H3,(H,6,8). The number of nitrogens with one attached hydrogen (secondary N) is 1. The highest BCUT2D eigenvalue weighted by atomic mass is 16.3. The minimum Gasteiger partial charge on any atom is -0.391 e. The van der Waals surface area contributed by atoms with Crippen molar-refractivity contribution in [3.63, 3.8) is 0 Å². The molecule has 1 unspecified atom stereocenters. The molecule has 1 radical (unpaired) electrons. The van der Waals surface area contributed by atoms with E-state index < -0.39 is 6.10 Å². The van der Waals surface area contributed by atoms with Gasteiger partial charge < -0.3 is 10.4 Å². The van der Waals surface area contributed by atoms with Crippen LogP contribution in [0.15, 0.2) is 0 Å². The number of carbonyl (C=O) groups is 1. The molecule has 0 aromatic carbocycles. The van der Waals surface area contributed by atoms with Crippen LogP contribution in [0.1, 0.15) is 6.92 Å². The molecule has 47 valence electrons. The highest BCUT2D eigenvalue weighted by Gasteiger charge is 1.94. The van der Waals surface area contributed by atoms with Crippen molar-refractivity contribution < 1.29 is 9.90 Å². The van der Waals surface area contributed by atoms with Crippen LogP contribution in [0.4, 0.5) is 0 Å². The van der Waals surface area contributed by atoms with E-state index in [-0.39, 0.29) is 12.5 Å². The van der Waals surface area contributed by atoms with Crippen molar-refractivity contribution in [2.75, 3.05) is 6.54 Å². The van der Waals surface area contributed by atoms with Crippen LogP contribution < -0.4 is 5.32 Å². The number of hydrogen-bond donors (Lipinski definition) is 2. The maximum absolute atomic E-state index is 10.1. The Morgan fingerprint density at radius 2 is 2.50 bits per heavy atom. The van der Waals surface area contributed by atoms with Gasteiger partial charge in [0.2, 0.25) is 5.91 Å².